The van der Waals surface area contributed by atoms with Crippen LogP contribution in [0.5, 0.6) is 0 Å². The average Bonchev–Trinajstić information content (AvgIpc) is 1.86. The van der Waals surface area contributed by atoms with Crippen LogP contribution in [0.4, 0.5) is 0 Å². The van der Waals surface area contributed by atoms with Gasteiger partial charge in [0.25, 0.3) is 0 Å². The minimum atomic E-state index is -0.693. The molecule has 0 heterocycles. The molecule has 0 fully saturated rings. The standard InChI is InChI=1S/C6H11N3O2/c1-6(2,8-9-7)4-5(10)11-3/h4H2,1-3H3. The predicted molar refractivity (Wildman–Crippen MR) is 39.9 cm³/mol. The molecule has 11 heavy (non-hydrogen) atoms. The Morgan fingerprint density at radius 1 is 1.73 bits per heavy atom. The number of esters is 1. The summed E-state index contributed by atoms with van der Waals surface area (Å²) in [5.74, 6) is -0.373. The van der Waals surface area contributed by atoms with E-state index in [0.717, 1.165) is 0 Å². The molecule has 0 aliphatic rings. The molecule has 0 radical (unpaired) electrons. The fourth-order valence-electron chi connectivity index (χ4n) is 0.582. The highest BCUT2D eigenvalue weighted by Crippen LogP contribution is 2.14. The maximum absolute atomic E-state index is 10.7. The van der Waals surface area contributed by atoms with Gasteiger partial charge in [-0.3, -0.25) is 4.79 Å². The number of nitrogens with zero attached hydrogens (tertiary/aromatic N) is 3. The van der Waals surface area contributed by atoms with Crippen LogP contribution in [0.1, 0.15) is 20.3 Å². The number of carbonyl (C=O) groups is 1. The molecule has 0 aliphatic carbocycles. The van der Waals surface area contributed by atoms with Crippen molar-refractivity contribution in [3.8, 4) is 0 Å². The molecule has 0 spiro atoms. The zero-order chi connectivity index (χ0) is 8.91. The molecule has 0 rings (SSSR count). The number of ether oxygens (including phenoxy) is 1. The summed E-state index contributed by atoms with van der Waals surface area (Å²) in [6.45, 7) is 3.34. The van der Waals surface area contributed by atoms with E-state index in [1.807, 2.05) is 0 Å². The summed E-state index contributed by atoms with van der Waals surface area (Å²) in [7, 11) is 1.30. The molecular weight excluding hydrogens is 146 g/mol. The maximum Gasteiger partial charge on any atom is 0.306 e. The van der Waals surface area contributed by atoms with Crippen molar-refractivity contribution in [3.63, 3.8) is 0 Å². The second kappa shape index (κ2) is 3.83. The second-order valence-electron chi connectivity index (χ2n) is 2.75. The molecule has 0 aromatic carbocycles. The van der Waals surface area contributed by atoms with Gasteiger partial charge in [0.15, 0.2) is 0 Å². The van der Waals surface area contributed by atoms with E-state index in [1.165, 1.54) is 7.11 Å². The normalized spacial score (nSPS) is 10.1. The molecule has 0 saturated heterocycles. The molecule has 5 nitrogen and oxygen atoms in total. The lowest BCUT2D eigenvalue weighted by Gasteiger charge is -2.14. The topological polar surface area (TPSA) is 75.1 Å². The Hall–Kier alpha value is -1.22. The number of hydrogen-bond acceptors (Lipinski definition) is 3. The van der Waals surface area contributed by atoms with E-state index in [2.05, 4.69) is 14.8 Å². The third kappa shape index (κ3) is 4.22. The lowest BCUT2D eigenvalue weighted by Crippen LogP contribution is -2.21. The molecule has 0 unspecified atom stereocenters. The first-order valence-corrected chi connectivity index (χ1v) is 3.15. The Morgan fingerprint density at radius 2 is 2.27 bits per heavy atom. The monoisotopic (exact) mass is 157 g/mol. The Bertz CT molecular complexity index is 194. The highest BCUT2D eigenvalue weighted by atomic mass is 16.5. The van der Waals surface area contributed by atoms with Gasteiger partial charge >= 0.3 is 5.97 Å². The first-order chi connectivity index (χ1) is 5.02. The van der Waals surface area contributed by atoms with Gasteiger partial charge in [-0.2, -0.15) is 0 Å². The van der Waals surface area contributed by atoms with Gasteiger partial charge in [0.2, 0.25) is 0 Å². The van der Waals surface area contributed by atoms with Crippen molar-refractivity contribution in [3.05, 3.63) is 10.4 Å². The van der Waals surface area contributed by atoms with Crippen LogP contribution >= 0.6 is 0 Å². The van der Waals surface area contributed by atoms with Gasteiger partial charge in [0.1, 0.15) is 0 Å². The highest BCUT2D eigenvalue weighted by molar-refractivity contribution is 5.70. The third-order valence-electron chi connectivity index (χ3n) is 1.12. The van der Waals surface area contributed by atoms with E-state index < -0.39 is 5.54 Å². The Morgan fingerprint density at radius 3 is 2.64 bits per heavy atom. The minimum Gasteiger partial charge on any atom is -0.469 e. The first kappa shape index (κ1) is 9.78. The van der Waals surface area contributed by atoms with Gasteiger partial charge in [0, 0.05) is 4.91 Å². The number of azide groups is 1. The van der Waals surface area contributed by atoms with Crippen LogP contribution in [0.15, 0.2) is 5.11 Å². The summed E-state index contributed by atoms with van der Waals surface area (Å²) in [6.07, 6.45) is 0.105. The lowest BCUT2D eigenvalue weighted by atomic mass is 10.0. The van der Waals surface area contributed by atoms with Crippen molar-refractivity contribution < 1.29 is 9.53 Å². The van der Waals surface area contributed by atoms with Crippen LogP contribution in [0, 0.1) is 0 Å². The number of rotatable bonds is 3. The van der Waals surface area contributed by atoms with Gasteiger partial charge < -0.3 is 4.74 Å². The molecule has 0 aromatic rings. The van der Waals surface area contributed by atoms with Crippen molar-refractivity contribution in [2.45, 2.75) is 25.8 Å². The van der Waals surface area contributed by atoms with Crippen molar-refractivity contribution in [1.29, 1.82) is 0 Å². The second-order valence-corrected chi connectivity index (χ2v) is 2.75. The maximum atomic E-state index is 10.7. The van der Waals surface area contributed by atoms with Crippen molar-refractivity contribution >= 4 is 5.97 Å². The largest absolute Gasteiger partial charge is 0.469 e. The third-order valence-corrected chi connectivity index (χ3v) is 1.12. The van der Waals surface area contributed by atoms with Crippen LogP contribution < -0.4 is 0 Å². The molecule has 5 heteroatoms. The van der Waals surface area contributed by atoms with E-state index in [9.17, 15) is 4.79 Å². The molecular formula is C6H11N3O2. The molecule has 0 aliphatic heterocycles. The molecule has 0 amide bonds. The summed E-state index contributed by atoms with van der Waals surface area (Å²) in [6, 6.07) is 0. The van der Waals surface area contributed by atoms with E-state index in [4.69, 9.17) is 5.53 Å². The Balaban J connectivity index is 4.11. The van der Waals surface area contributed by atoms with Crippen LogP contribution in [0.3, 0.4) is 0 Å². The summed E-state index contributed by atoms with van der Waals surface area (Å²) >= 11 is 0. The Labute approximate surface area is 65.0 Å². The smallest absolute Gasteiger partial charge is 0.306 e. The summed E-state index contributed by atoms with van der Waals surface area (Å²) in [4.78, 5) is 13.3. The minimum absolute atomic E-state index is 0.105. The molecule has 0 aromatic heterocycles. The van der Waals surface area contributed by atoms with Crippen LogP contribution in [-0.4, -0.2) is 18.6 Å². The molecule has 0 bridgehead atoms. The van der Waals surface area contributed by atoms with Crippen LogP contribution in [0.2, 0.25) is 0 Å². The zero-order valence-corrected chi connectivity index (χ0v) is 6.87. The fourth-order valence-corrected chi connectivity index (χ4v) is 0.582. The van der Waals surface area contributed by atoms with Gasteiger partial charge in [-0.05, 0) is 5.53 Å². The molecule has 0 saturated carbocycles. The highest BCUT2D eigenvalue weighted by Gasteiger charge is 2.20. The SMILES string of the molecule is COC(=O)CC(C)(C)N=[N+]=[N-]. The molecule has 62 valence electrons. The Kier molecular flexibility index (Phi) is 3.40. The predicted octanol–water partition coefficient (Wildman–Crippen LogP) is 1.64. The lowest BCUT2D eigenvalue weighted by molar-refractivity contribution is -0.141. The van der Waals surface area contributed by atoms with Crippen molar-refractivity contribution in [2.24, 2.45) is 5.11 Å². The first-order valence-electron chi connectivity index (χ1n) is 3.15. The number of methoxy groups -OCH3 is 1. The molecule has 0 atom stereocenters. The van der Waals surface area contributed by atoms with Crippen LogP contribution in [0.25, 0.3) is 10.4 Å². The van der Waals surface area contributed by atoms with E-state index >= 15 is 0 Å². The quantitative estimate of drug-likeness (QED) is 0.270. The van der Waals surface area contributed by atoms with Gasteiger partial charge in [-0.15, -0.1) is 0 Å². The number of carbonyl (C=O) groups excluding carboxylic acids is 1. The summed E-state index contributed by atoms with van der Waals surface area (Å²) in [5.41, 5.74) is 7.40. The van der Waals surface area contributed by atoms with E-state index in [1.54, 1.807) is 13.8 Å². The average molecular weight is 157 g/mol. The number of hydrogen-bond donors (Lipinski definition) is 0. The summed E-state index contributed by atoms with van der Waals surface area (Å²) in [5, 5.41) is 3.42. The van der Waals surface area contributed by atoms with Crippen LogP contribution in [-0.2, 0) is 9.53 Å². The van der Waals surface area contributed by atoms with Gasteiger partial charge in [-0.25, -0.2) is 0 Å². The summed E-state index contributed by atoms with van der Waals surface area (Å²) < 4.78 is 4.41. The van der Waals surface area contributed by atoms with Gasteiger partial charge in [0.05, 0.1) is 19.1 Å². The fraction of sp³-hybridized carbons (Fsp3) is 0.833. The molecule has 0 N–H and O–H groups in total. The van der Waals surface area contributed by atoms with E-state index in [-0.39, 0.29) is 12.4 Å². The van der Waals surface area contributed by atoms with Gasteiger partial charge in [-0.1, -0.05) is 19.0 Å². The van der Waals surface area contributed by atoms with Crippen molar-refractivity contribution in [2.75, 3.05) is 7.11 Å². The van der Waals surface area contributed by atoms with Crippen molar-refractivity contribution in [1.82, 2.24) is 0 Å². The zero-order valence-electron chi connectivity index (χ0n) is 6.87. The van der Waals surface area contributed by atoms with E-state index in [0.29, 0.717) is 0 Å².